The minimum absolute atomic E-state index is 0.211. The predicted octanol–water partition coefficient (Wildman–Crippen LogP) is 3.26. The third-order valence-electron chi connectivity index (χ3n) is 5.22. The third-order valence-corrected chi connectivity index (χ3v) is 5.61. The van der Waals surface area contributed by atoms with Gasteiger partial charge in [-0.05, 0) is 37.5 Å². The largest absolute Gasteiger partial charge is 0.392 e. The zero-order valence-electron chi connectivity index (χ0n) is 12.9. The summed E-state index contributed by atoms with van der Waals surface area (Å²) in [7, 11) is 0. The van der Waals surface area contributed by atoms with E-state index in [1.165, 1.54) is 12.8 Å². The number of carbonyl (C=O) groups is 1. The van der Waals surface area contributed by atoms with Crippen LogP contribution in [0.4, 0.5) is 0 Å². The van der Waals surface area contributed by atoms with Gasteiger partial charge >= 0.3 is 0 Å². The highest BCUT2D eigenvalue weighted by Crippen LogP contribution is 2.40. The normalized spacial score (nSPS) is 25.8. The topological polar surface area (TPSA) is 46.3 Å². The lowest BCUT2D eigenvalue weighted by Crippen LogP contribution is -2.52. The van der Waals surface area contributed by atoms with Crippen molar-refractivity contribution in [2.75, 3.05) is 13.1 Å². The highest BCUT2D eigenvalue weighted by molar-refractivity contribution is 7.80. The summed E-state index contributed by atoms with van der Waals surface area (Å²) in [5, 5.41) is 0. The number of nitrogens with two attached hydrogens (primary N) is 1. The fourth-order valence-corrected chi connectivity index (χ4v) is 3.94. The molecule has 0 radical (unpaired) electrons. The molecule has 1 saturated carbocycles. The molecule has 0 atom stereocenters. The van der Waals surface area contributed by atoms with Gasteiger partial charge in [0.25, 0.3) is 0 Å². The van der Waals surface area contributed by atoms with Crippen molar-refractivity contribution in [1.82, 2.24) is 4.90 Å². The molecule has 0 aromatic rings. The van der Waals surface area contributed by atoms with Crippen LogP contribution < -0.4 is 5.73 Å². The molecular weight excluding hydrogens is 268 g/mol. The van der Waals surface area contributed by atoms with Crippen LogP contribution >= 0.6 is 12.2 Å². The molecule has 2 fully saturated rings. The van der Waals surface area contributed by atoms with Crippen molar-refractivity contribution in [3.63, 3.8) is 0 Å². The summed E-state index contributed by atoms with van der Waals surface area (Å²) in [6, 6.07) is 0. The predicted molar refractivity (Wildman–Crippen MR) is 86.5 cm³/mol. The summed E-state index contributed by atoms with van der Waals surface area (Å²) < 4.78 is 0. The Kier molecular flexibility index (Phi) is 4.73. The van der Waals surface area contributed by atoms with Crippen LogP contribution in [0.3, 0.4) is 0 Å². The van der Waals surface area contributed by atoms with Crippen molar-refractivity contribution in [2.24, 2.45) is 16.6 Å². The van der Waals surface area contributed by atoms with Crippen molar-refractivity contribution in [3.05, 3.63) is 0 Å². The Labute approximate surface area is 128 Å². The Bertz CT molecular complexity index is 386. The van der Waals surface area contributed by atoms with E-state index in [-0.39, 0.29) is 5.91 Å². The molecule has 0 aromatic heterocycles. The van der Waals surface area contributed by atoms with E-state index in [1.807, 2.05) is 4.90 Å². The number of hydrogen-bond acceptors (Lipinski definition) is 2. The van der Waals surface area contributed by atoms with Crippen LogP contribution in [0.1, 0.15) is 65.2 Å². The Hall–Kier alpha value is -0.640. The van der Waals surface area contributed by atoms with E-state index < -0.39 is 5.41 Å². The van der Waals surface area contributed by atoms with E-state index in [0.29, 0.717) is 10.4 Å². The fourth-order valence-electron chi connectivity index (χ4n) is 3.65. The third kappa shape index (κ3) is 3.16. The van der Waals surface area contributed by atoms with Crippen molar-refractivity contribution < 1.29 is 4.79 Å². The molecule has 0 spiro atoms. The average molecular weight is 296 g/mol. The van der Waals surface area contributed by atoms with E-state index in [4.69, 9.17) is 18.0 Å². The smallest absolute Gasteiger partial charge is 0.235 e. The van der Waals surface area contributed by atoms with Crippen molar-refractivity contribution >= 4 is 23.1 Å². The Morgan fingerprint density at radius 2 is 1.65 bits per heavy atom. The number of carbonyl (C=O) groups excluding carboxylic acids is 1. The fraction of sp³-hybridized carbons (Fsp3) is 0.875. The van der Waals surface area contributed by atoms with Crippen LogP contribution in [0.25, 0.3) is 0 Å². The first kappa shape index (κ1) is 15.7. The van der Waals surface area contributed by atoms with Crippen LogP contribution in [0, 0.1) is 10.8 Å². The van der Waals surface area contributed by atoms with Gasteiger partial charge in [0.1, 0.15) is 0 Å². The lowest BCUT2D eigenvalue weighted by molar-refractivity contribution is -0.139. The number of rotatable bonds is 2. The first-order chi connectivity index (χ1) is 9.37. The van der Waals surface area contributed by atoms with Crippen LogP contribution in [-0.2, 0) is 4.79 Å². The maximum Gasteiger partial charge on any atom is 0.235 e. The van der Waals surface area contributed by atoms with Crippen molar-refractivity contribution in [3.8, 4) is 0 Å². The zero-order valence-corrected chi connectivity index (χ0v) is 13.7. The first-order valence-corrected chi connectivity index (χ1v) is 8.38. The van der Waals surface area contributed by atoms with E-state index in [2.05, 4.69) is 13.8 Å². The molecule has 2 aliphatic rings. The summed E-state index contributed by atoms with van der Waals surface area (Å²) in [6.45, 7) is 6.32. The van der Waals surface area contributed by atoms with Gasteiger partial charge in [-0.3, -0.25) is 4.79 Å². The van der Waals surface area contributed by atoms with E-state index in [1.54, 1.807) is 0 Å². The van der Waals surface area contributed by atoms with Gasteiger partial charge in [0.15, 0.2) is 0 Å². The SMILES string of the molecule is CC1(C)CCCN(C(=O)C2(C(N)=S)CCCCC2)CC1. The van der Waals surface area contributed by atoms with Gasteiger partial charge in [-0.1, -0.05) is 45.3 Å². The van der Waals surface area contributed by atoms with Gasteiger partial charge in [0.2, 0.25) is 5.91 Å². The second-order valence-electron chi connectivity index (χ2n) is 7.32. The van der Waals surface area contributed by atoms with Crippen LogP contribution in [0.2, 0.25) is 0 Å². The number of nitrogens with zero attached hydrogens (tertiary/aromatic N) is 1. The zero-order chi connectivity index (χ0) is 14.8. The molecule has 1 aliphatic heterocycles. The summed E-state index contributed by atoms with van der Waals surface area (Å²) in [5.41, 5.74) is 5.79. The molecule has 3 nitrogen and oxygen atoms in total. The second-order valence-corrected chi connectivity index (χ2v) is 7.76. The van der Waals surface area contributed by atoms with Gasteiger partial charge in [-0.2, -0.15) is 0 Å². The van der Waals surface area contributed by atoms with Crippen LogP contribution in [-0.4, -0.2) is 28.9 Å². The number of likely N-dealkylation sites (tertiary alicyclic amines) is 1. The van der Waals surface area contributed by atoms with Crippen LogP contribution in [0.15, 0.2) is 0 Å². The molecule has 0 bridgehead atoms. The first-order valence-electron chi connectivity index (χ1n) is 7.97. The van der Waals surface area contributed by atoms with E-state index in [9.17, 15) is 4.79 Å². The molecule has 1 aliphatic carbocycles. The van der Waals surface area contributed by atoms with Gasteiger partial charge in [-0.15, -0.1) is 0 Å². The van der Waals surface area contributed by atoms with Gasteiger partial charge in [0, 0.05) is 13.1 Å². The quantitative estimate of drug-likeness (QED) is 0.796. The molecular formula is C16H28N2OS. The summed E-state index contributed by atoms with van der Waals surface area (Å²) >= 11 is 5.28. The van der Waals surface area contributed by atoms with Crippen molar-refractivity contribution in [1.29, 1.82) is 0 Å². The van der Waals surface area contributed by atoms with Crippen LogP contribution in [0.5, 0.6) is 0 Å². The average Bonchev–Trinajstić information content (AvgIpc) is 2.59. The second kappa shape index (κ2) is 6.00. The van der Waals surface area contributed by atoms with E-state index in [0.717, 1.165) is 51.6 Å². The molecule has 2 rings (SSSR count). The van der Waals surface area contributed by atoms with Gasteiger partial charge in [-0.25, -0.2) is 0 Å². The monoisotopic (exact) mass is 296 g/mol. The molecule has 0 unspecified atom stereocenters. The number of amides is 1. The summed E-state index contributed by atoms with van der Waals surface area (Å²) in [6.07, 6.45) is 8.40. The summed E-state index contributed by atoms with van der Waals surface area (Å²) in [4.78, 5) is 15.5. The molecule has 1 amide bonds. The molecule has 114 valence electrons. The highest BCUT2D eigenvalue weighted by atomic mass is 32.1. The number of hydrogen-bond donors (Lipinski definition) is 1. The Morgan fingerprint density at radius 3 is 2.25 bits per heavy atom. The number of thiocarbonyl (C=S) groups is 1. The molecule has 2 N–H and O–H groups in total. The van der Waals surface area contributed by atoms with E-state index >= 15 is 0 Å². The van der Waals surface area contributed by atoms with Gasteiger partial charge < -0.3 is 10.6 Å². The molecule has 1 saturated heterocycles. The maximum absolute atomic E-state index is 13.0. The summed E-state index contributed by atoms with van der Waals surface area (Å²) in [5.74, 6) is 0.211. The van der Waals surface area contributed by atoms with Crippen molar-refractivity contribution in [2.45, 2.75) is 65.2 Å². The lowest BCUT2D eigenvalue weighted by atomic mass is 9.72. The van der Waals surface area contributed by atoms with Gasteiger partial charge in [0.05, 0.1) is 10.4 Å². The molecule has 20 heavy (non-hydrogen) atoms. The minimum atomic E-state index is -0.540. The molecule has 4 heteroatoms. The minimum Gasteiger partial charge on any atom is -0.392 e. The molecule has 0 aromatic carbocycles. The highest BCUT2D eigenvalue weighted by Gasteiger charge is 2.45. The molecule has 1 heterocycles. The maximum atomic E-state index is 13.0. The Balaban J connectivity index is 2.13. The lowest BCUT2D eigenvalue weighted by Gasteiger charge is -2.39. The Morgan fingerprint density at radius 1 is 1.00 bits per heavy atom. The standard InChI is InChI=1S/C16H28N2OS/c1-15(2)7-6-11-18(12-10-15)14(19)16(13(17)20)8-4-3-5-9-16/h3-12H2,1-2H3,(H2,17,20).